The second-order valence-electron chi connectivity index (χ2n) is 6.25. The van der Waals surface area contributed by atoms with Gasteiger partial charge in [-0.3, -0.25) is 4.79 Å². The Morgan fingerprint density at radius 1 is 1.03 bits per heavy atom. The Morgan fingerprint density at radius 3 is 2.63 bits per heavy atom. The van der Waals surface area contributed by atoms with Crippen molar-refractivity contribution in [3.63, 3.8) is 0 Å². The first-order valence-electron chi connectivity index (χ1n) is 9.19. The topological polar surface area (TPSA) is 69.2 Å². The van der Waals surface area contributed by atoms with Gasteiger partial charge < -0.3 is 19.6 Å². The number of benzene rings is 3. The van der Waals surface area contributed by atoms with Crippen LogP contribution < -0.4 is 14.8 Å². The number of amides is 1. The Balaban J connectivity index is 1.50. The van der Waals surface area contributed by atoms with Gasteiger partial charge >= 0.3 is 0 Å². The Kier molecular flexibility index (Phi) is 7.38. The van der Waals surface area contributed by atoms with Crippen molar-refractivity contribution >= 4 is 17.8 Å². The maximum absolute atomic E-state index is 13.1. The summed E-state index contributed by atoms with van der Waals surface area (Å²) in [6.07, 6.45) is 1.46. The van der Waals surface area contributed by atoms with Crippen LogP contribution in [0.5, 0.6) is 11.5 Å². The van der Waals surface area contributed by atoms with Crippen molar-refractivity contribution in [1.82, 2.24) is 0 Å². The van der Waals surface area contributed by atoms with Gasteiger partial charge in [0.15, 0.2) is 18.1 Å². The number of carbonyl (C=O) groups excluding carboxylic acids is 1. The number of hydrogen-bond donors (Lipinski definition) is 1. The first-order chi connectivity index (χ1) is 14.6. The lowest BCUT2D eigenvalue weighted by atomic mass is 10.2. The van der Waals surface area contributed by atoms with Gasteiger partial charge in [-0.1, -0.05) is 41.6 Å². The minimum atomic E-state index is -0.444. The third-order valence-electron chi connectivity index (χ3n) is 4.01. The van der Waals surface area contributed by atoms with E-state index in [1.807, 2.05) is 30.3 Å². The molecule has 154 valence electrons. The Labute approximate surface area is 173 Å². The third-order valence-corrected chi connectivity index (χ3v) is 4.01. The van der Waals surface area contributed by atoms with E-state index in [-0.39, 0.29) is 6.61 Å². The van der Waals surface area contributed by atoms with Gasteiger partial charge in [-0.25, -0.2) is 4.39 Å². The standard InChI is InChI=1S/C23H21FN2O4/c1-28-22-12-18(10-11-21(22)29-15-17-6-3-2-4-7-17)14-25-30-16-23(27)26-20-9-5-8-19(24)13-20/h2-14H,15-16H2,1H3,(H,26,27)/b25-14-. The fraction of sp³-hybridized carbons (Fsp3) is 0.130. The van der Waals surface area contributed by atoms with Gasteiger partial charge in [-0.05, 0) is 42.0 Å². The molecule has 0 aromatic heterocycles. The average Bonchev–Trinajstić information content (AvgIpc) is 2.76. The highest BCUT2D eigenvalue weighted by molar-refractivity contribution is 5.91. The third kappa shape index (κ3) is 6.34. The van der Waals surface area contributed by atoms with Crippen LogP contribution in [0, 0.1) is 5.82 Å². The molecule has 0 fully saturated rings. The Morgan fingerprint density at radius 2 is 1.87 bits per heavy atom. The molecule has 3 aromatic rings. The number of nitrogens with one attached hydrogen (secondary N) is 1. The number of hydrogen-bond acceptors (Lipinski definition) is 5. The zero-order valence-electron chi connectivity index (χ0n) is 16.4. The van der Waals surface area contributed by atoms with E-state index < -0.39 is 11.7 Å². The molecule has 0 aliphatic rings. The summed E-state index contributed by atoms with van der Waals surface area (Å²) in [4.78, 5) is 16.8. The molecule has 0 heterocycles. The lowest BCUT2D eigenvalue weighted by molar-refractivity contribution is -0.120. The van der Waals surface area contributed by atoms with Gasteiger partial charge in [0.05, 0.1) is 13.3 Å². The molecule has 0 radical (unpaired) electrons. The highest BCUT2D eigenvalue weighted by Gasteiger charge is 2.06. The molecule has 0 saturated carbocycles. The molecule has 0 unspecified atom stereocenters. The monoisotopic (exact) mass is 408 g/mol. The number of oxime groups is 1. The van der Waals surface area contributed by atoms with Crippen LogP contribution in [0.4, 0.5) is 10.1 Å². The number of nitrogens with zero attached hydrogens (tertiary/aromatic N) is 1. The predicted molar refractivity (Wildman–Crippen MR) is 112 cm³/mol. The summed E-state index contributed by atoms with van der Waals surface area (Å²) in [6.45, 7) is 0.122. The first-order valence-corrected chi connectivity index (χ1v) is 9.19. The molecule has 7 heteroatoms. The second kappa shape index (κ2) is 10.6. The molecule has 30 heavy (non-hydrogen) atoms. The lowest BCUT2D eigenvalue weighted by Crippen LogP contribution is -2.17. The summed E-state index contributed by atoms with van der Waals surface area (Å²) in [5.74, 6) is 0.282. The smallest absolute Gasteiger partial charge is 0.265 e. The largest absolute Gasteiger partial charge is 0.493 e. The van der Waals surface area contributed by atoms with Gasteiger partial charge in [0, 0.05) is 11.3 Å². The van der Waals surface area contributed by atoms with Crippen LogP contribution in [0.1, 0.15) is 11.1 Å². The number of carbonyl (C=O) groups is 1. The summed E-state index contributed by atoms with van der Waals surface area (Å²) >= 11 is 0. The number of methoxy groups -OCH3 is 1. The van der Waals surface area contributed by atoms with Crippen LogP contribution in [-0.2, 0) is 16.2 Å². The van der Waals surface area contributed by atoms with E-state index >= 15 is 0 Å². The Hall–Kier alpha value is -3.87. The number of ether oxygens (including phenoxy) is 2. The van der Waals surface area contributed by atoms with E-state index in [0.717, 1.165) is 5.56 Å². The molecule has 0 bridgehead atoms. The molecule has 3 aromatic carbocycles. The molecular weight excluding hydrogens is 387 g/mol. The van der Waals surface area contributed by atoms with Gasteiger partial charge in [0.1, 0.15) is 12.4 Å². The highest BCUT2D eigenvalue weighted by atomic mass is 19.1. The molecule has 0 saturated heterocycles. The molecule has 1 amide bonds. The molecule has 0 aliphatic heterocycles. The van der Waals surface area contributed by atoms with Crippen molar-refractivity contribution in [1.29, 1.82) is 0 Å². The quantitative estimate of drug-likeness (QED) is 0.421. The van der Waals surface area contributed by atoms with Crippen molar-refractivity contribution in [2.24, 2.45) is 5.16 Å². The van der Waals surface area contributed by atoms with Crippen LogP contribution in [0.3, 0.4) is 0 Å². The summed E-state index contributed by atoms with van der Waals surface area (Å²) in [5.41, 5.74) is 2.11. The molecule has 6 nitrogen and oxygen atoms in total. The van der Waals surface area contributed by atoms with E-state index in [2.05, 4.69) is 10.5 Å². The molecular formula is C23H21FN2O4. The predicted octanol–water partition coefficient (Wildman–Crippen LogP) is 4.40. The van der Waals surface area contributed by atoms with Crippen molar-refractivity contribution in [3.8, 4) is 11.5 Å². The van der Waals surface area contributed by atoms with E-state index in [4.69, 9.17) is 14.3 Å². The lowest BCUT2D eigenvalue weighted by Gasteiger charge is -2.11. The first kappa shape index (κ1) is 20.9. The van der Waals surface area contributed by atoms with Gasteiger partial charge in [-0.2, -0.15) is 0 Å². The summed E-state index contributed by atoms with van der Waals surface area (Å²) in [5, 5.41) is 6.30. The number of halogens is 1. The van der Waals surface area contributed by atoms with Gasteiger partial charge in [0.25, 0.3) is 5.91 Å². The van der Waals surface area contributed by atoms with Crippen LogP contribution in [0.2, 0.25) is 0 Å². The van der Waals surface area contributed by atoms with Crippen LogP contribution in [-0.4, -0.2) is 25.8 Å². The van der Waals surface area contributed by atoms with Crippen LogP contribution in [0.25, 0.3) is 0 Å². The van der Waals surface area contributed by atoms with Crippen LogP contribution in [0.15, 0.2) is 78.0 Å². The van der Waals surface area contributed by atoms with Crippen molar-refractivity contribution in [3.05, 3.63) is 89.7 Å². The fourth-order valence-electron chi connectivity index (χ4n) is 2.58. The minimum Gasteiger partial charge on any atom is -0.493 e. The van der Waals surface area contributed by atoms with Crippen molar-refractivity contribution in [2.45, 2.75) is 6.61 Å². The fourth-order valence-corrected chi connectivity index (χ4v) is 2.58. The van der Waals surface area contributed by atoms with Crippen molar-refractivity contribution in [2.75, 3.05) is 19.0 Å². The maximum Gasteiger partial charge on any atom is 0.265 e. The van der Waals surface area contributed by atoms with Gasteiger partial charge in [0.2, 0.25) is 0 Å². The van der Waals surface area contributed by atoms with Crippen molar-refractivity contribution < 1.29 is 23.5 Å². The highest BCUT2D eigenvalue weighted by Crippen LogP contribution is 2.28. The maximum atomic E-state index is 13.1. The van der Waals surface area contributed by atoms with E-state index in [0.29, 0.717) is 29.4 Å². The summed E-state index contributed by atoms with van der Waals surface area (Å²) in [7, 11) is 1.55. The molecule has 3 rings (SSSR count). The van der Waals surface area contributed by atoms with E-state index in [1.54, 1.807) is 31.4 Å². The minimum absolute atomic E-state index is 0.303. The molecule has 1 N–H and O–H groups in total. The SMILES string of the molecule is COc1cc(/C=N\OCC(=O)Nc2cccc(F)c2)ccc1OCc1ccccc1. The average molecular weight is 408 g/mol. The summed E-state index contributed by atoms with van der Waals surface area (Å²) < 4.78 is 24.3. The number of rotatable bonds is 9. The van der Waals surface area contributed by atoms with E-state index in [9.17, 15) is 9.18 Å². The van der Waals surface area contributed by atoms with Gasteiger partial charge in [-0.15, -0.1) is 0 Å². The molecule has 0 spiro atoms. The molecule has 0 aliphatic carbocycles. The summed E-state index contributed by atoms with van der Waals surface area (Å²) in [6, 6.07) is 20.7. The van der Waals surface area contributed by atoms with Crippen LogP contribution >= 0.6 is 0 Å². The zero-order chi connectivity index (χ0) is 21.2. The second-order valence-corrected chi connectivity index (χ2v) is 6.25. The zero-order valence-corrected chi connectivity index (χ0v) is 16.4. The van der Waals surface area contributed by atoms with E-state index in [1.165, 1.54) is 24.4 Å². The Bertz CT molecular complexity index is 1010. The normalized spacial score (nSPS) is 10.6. The molecule has 0 atom stereocenters. The number of anilines is 1.